The van der Waals surface area contributed by atoms with Gasteiger partial charge in [0.25, 0.3) is 0 Å². The summed E-state index contributed by atoms with van der Waals surface area (Å²) in [4.78, 5) is 24.1. The molecule has 0 aliphatic heterocycles. The second kappa shape index (κ2) is 9.05. The highest BCUT2D eigenvalue weighted by atomic mass is 32.2. The molecule has 2 aromatic rings. The second-order valence-corrected chi connectivity index (χ2v) is 9.23. The lowest BCUT2D eigenvalue weighted by Crippen LogP contribution is -2.43. The Morgan fingerprint density at radius 3 is 2.25 bits per heavy atom. The van der Waals surface area contributed by atoms with E-state index >= 15 is 0 Å². The molecule has 1 heterocycles. The average Bonchev–Trinajstić information content (AvgIpc) is 3.15. The van der Waals surface area contributed by atoms with Gasteiger partial charge in [-0.05, 0) is 49.1 Å². The summed E-state index contributed by atoms with van der Waals surface area (Å²) in [5.74, 6) is -1.29. The SMILES string of the molecule is Cc1ccc(C)c(S(=O)(=O)[C@@H](CNC(=O)C(=O)NCC(C)C)c2ccco2)c1. The molecule has 2 amide bonds. The third kappa shape index (κ3) is 5.22. The van der Waals surface area contributed by atoms with Crippen LogP contribution < -0.4 is 10.6 Å². The molecule has 0 saturated carbocycles. The fraction of sp³-hybridized carbons (Fsp3) is 0.400. The van der Waals surface area contributed by atoms with Crippen molar-refractivity contribution in [3.05, 3.63) is 53.5 Å². The summed E-state index contributed by atoms with van der Waals surface area (Å²) in [5, 5.41) is 3.77. The standard InChI is InChI=1S/C20H26N2O5S/c1-13(2)11-21-19(23)20(24)22-12-18(16-6-5-9-27-16)28(25,26)17-10-14(3)7-8-15(17)4/h5-10,13,18H,11-12H2,1-4H3,(H,21,23)(H,22,24)/t18-/m0/s1. The molecule has 0 saturated heterocycles. The molecule has 152 valence electrons. The molecule has 2 rings (SSSR count). The third-order valence-corrected chi connectivity index (χ3v) is 6.41. The van der Waals surface area contributed by atoms with E-state index in [1.807, 2.05) is 19.9 Å². The van der Waals surface area contributed by atoms with Gasteiger partial charge < -0.3 is 15.1 Å². The molecule has 0 bridgehead atoms. The highest BCUT2D eigenvalue weighted by Gasteiger charge is 2.33. The number of carbonyl (C=O) groups excluding carboxylic acids is 2. The van der Waals surface area contributed by atoms with Crippen LogP contribution in [0.1, 0.15) is 36.0 Å². The lowest BCUT2D eigenvalue weighted by Gasteiger charge is -2.18. The smallest absolute Gasteiger partial charge is 0.309 e. The van der Waals surface area contributed by atoms with Crippen molar-refractivity contribution in [1.82, 2.24) is 10.6 Å². The molecule has 8 heteroatoms. The summed E-state index contributed by atoms with van der Waals surface area (Å²) in [6, 6.07) is 8.28. The topological polar surface area (TPSA) is 105 Å². The van der Waals surface area contributed by atoms with Crippen molar-refractivity contribution in [2.45, 2.75) is 37.8 Å². The van der Waals surface area contributed by atoms with E-state index in [1.54, 1.807) is 38.1 Å². The maximum absolute atomic E-state index is 13.3. The quantitative estimate of drug-likeness (QED) is 0.687. The van der Waals surface area contributed by atoms with Crippen LogP contribution in [0.15, 0.2) is 45.9 Å². The van der Waals surface area contributed by atoms with Crippen LogP contribution in [0.4, 0.5) is 0 Å². The van der Waals surface area contributed by atoms with Gasteiger partial charge in [0.15, 0.2) is 9.84 Å². The van der Waals surface area contributed by atoms with Crippen molar-refractivity contribution in [1.29, 1.82) is 0 Å². The molecular weight excluding hydrogens is 380 g/mol. The maximum Gasteiger partial charge on any atom is 0.309 e. The van der Waals surface area contributed by atoms with Crippen LogP contribution in [-0.4, -0.2) is 33.3 Å². The van der Waals surface area contributed by atoms with E-state index in [0.717, 1.165) is 5.56 Å². The Hall–Kier alpha value is -2.61. The summed E-state index contributed by atoms with van der Waals surface area (Å²) >= 11 is 0. The Kier molecular flexibility index (Phi) is 7.01. The summed E-state index contributed by atoms with van der Waals surface area (Å²) in [5.41, 5.74) is 1.41. The van der Waals surface area contributed by atoms with Gasteiger partial charge in [-0.3, -0.25) is 9.59 Å². The molecule has 0 spiro atoms. The minimum absolute atomic E-state index is 0.174. The monoisotopic (exact) mass is 406 g/mol. The van der Waals surface area contributed by atoms with Crippen LogP contribution in [0.5, 0.6) is 0 Å². The number of hydrogen-bond acceptors (Lipinski definition) is 5. The first-order chi connectivity index (χ1) is 13.1. The Morgan fingerprint density at radius 1 is 1.04 bits per heavy atom. The zero-order valence-corrected chi connectivity index (χ0v) is 17.3. The first kappa shape index (κ1) is 21.7. The van der Waals surface area contributed by atoms with Gasteiger partial charge in [-0.15, -0.1) is 0 Å². The normalized spacial score (nSPS) is 12.6. The minimum atomic E-state index is -3.86. The lowest BCUT2D eigenvalue weighted by atomic mass is 10.2. The number of nitrogens with one attached hydrogen (secondary N) is 2. The van der Waals surface area contributed by atoms with Gasteiger partial charge in [-0.2, -0.15) is 0 Å². The van der Waals surface area contributed by atoms with E-state index in [-0.39, 0.29) is 23.1 Å². The van der Waals surface area contributed by atoms with Crippen LogP contribution in [-0.2, 0) is 19.4 Å². The van der Waals surface area contributed by atoms with E-state index in [4.69, 9.17) is 4.42 Å². The number of furan rings is 1. The third-order valence-electron chi connectivity index (χ3n) is 4.21. The van der Waals surface area contributed by atoms with Gasteiger partial charge in [0.2, 0.25) is 0 Å². The number of hydrogen-bond donors (Lipinski definition) is 2. The van der Waals surface area contributed by atoms with Crippen molar-refractivity contribution >= 4 is 21.7 Å². The van der Waals surface area contributed by atoms with Crippen molar-refractivity contribution in [3.63, 3.8) is 0 Å². The van der Waals surface area contributed by atoms with E-state index in [1.165, 1.54) is 6.26 Å². The number of carbonyl (C=O) groups is 2. The zero-order chi connectivity index (χ0) is 20.9. The Labute approximate surface area is 165 Å². The van der Waals surface area contributed by atoms with Gasteiger partial charge in [0.1, 0.15) is 11.0 Å². The van der Waals surface area contributed by atoms with Crippen molar-refractivity contribution in [2.24, 2.45) is 5.92 Å². The van der Waals surface area contributed by atoms with Crippen LogP contribution in [0, 0.1) is 19.8 Å². The van der Waals surface area contributed by atoms with Gasteiger partial charge in [0.05, 0.1) is 11.2 Å². The fourth-order valence-electron chi connectivity index (χ4n) is 2.65. The van der Waals surface area contributed by atoms with E-state index in [2.05, 4.69) is 10.6 Å². The first-order valence-corrected chi connectivity index (χ1v) is 10.6. The zero-order valence-electron chi connectivity index (χ0n) is 16.5. The molecule has 1 aromatic heterocycles. The van der Waals surface area contributed by atoms with Crippen LogP contribution >= 0.6 is 0 Å². The molecular formula is C20H26N2O5S. The van der Waals surface area contributed by atoms with Gasteiger partial charge in [-0.1, -0.05) is 26.0 Å². The van der Waals surface area contributed by atoms with Crippen molar-refractivity contribution in [2.75, 3.05) is 13.1 Å². The second-order valence-electron chi connectivity index (χ2n) is 7.13. The number of sulfone groups is 1. The Bertz CT molecular complexity index is 934. The summed E-state index contributed by atoms with van der Waals surface area (Å²) in [7, 11) is -3.86. The molecule has 0 unspecified atom stereocenters. The number of amides is 2. The summed E-state index contributed by atoms with van der Waals surface area (Å²) in [6.07, 6.45) is 1.37. The predicted molar refractivity (Wildman–Crippen MR) is 105 cm³/mol. The molecule has 0 fully saturated rings. The summed E-state index contributed by atoms with van der Waals surface area (Å²) in [6.45, 7) is 7.40. The molecule has 2 N–H and O–H groups in total. The first-order valence-electron chi connectivity index (χ1n) is 9.03. The molecule has 1 aromatic carbocycles. The molecule has 7 nitrogen and oxygen atoms in total. The number of benzene rings is 1. The van der Waals surface area contributed by atoms with E-state index < -0.39 is 26.9 Å². The van der Waals surface area contributed by atoms with Crippen LogP contribution in [0.3, 0.4) is 0 Å². The molecule has 0 aliphatic carbocycles. The van der Waals surface area contributed by atoms with Gasteiger partial charge in [0, 0.05) is 13.1 Å². The van der Waals surface area contributed by atoms with Crippen molar-refractivity contribution < 1.29 is 22.4 Å². The van der Waals surface area contributed by atoms with Crippen molar-refractivity contribution in [3.8, 4) is 0 Å². The molecule has 0 radical (unpaired) electrons. The number of aryl methyl sites for hydroxylation is 2. The maximum atomic E-state index is 13.3. The molecule has 0 aliphatic rings. The Morgan fingerprint density at radius 2 is 1.68 bits per heavy atom. The molecule has 28 heavy (non-hydrogen) atoms. The molecule has 1 atom stereocenters. The van der Waals surface area contributed by atoms with Gasteiger partial charge in [-0.25, -0.2) is 8.42 Å². The van der Waals surface area contributed by atoms with E-state index in [0.29, 0.717) is 12.1 Å². The number of rotatable bonds is 7. The largest absolute Gasteiger partial charge is 0.468 e. The van der Waals surface area contributed by atoms with Crippen LogP contribution in [0.2, 0.25) is 0 Å². The summed E-state index contributed by atoms with van der Waals surface area (Å²) < 4.78 is 31.9. The van der Waals surface area contributed by atoms with Crippen LogP contribution in [0.25, 0.3) is 0 Å². The average molecular weight is 407 g/mol. The highest BCUT2D eigenvalue weighted by Crippen LogP contribution is 2.31. The lowest BCUT2D eigenvalue weighted by molar-refractivity contribution is -0.139. The Balaban J connectivity index is 2.25. The van der Waals surface area contributed by atoms with E-state index in [9.17, 15) is 18.0 Å². The minimum Gasteiger partial charge on any atom is -0.468 e. The predicted octanol–water partition coefficient (Wildman–Crippen LogP) is 2.30. The fourth-order valence-corrected chi connectivity index (χ4v) is 4.56. The highest BCUT2D eigenvalue weighted by molar-refractivity contribution is 7.91. The van der Waals surface area contributed by atoms with Gasteiger partial charge >= 0.3 is 11.8 Å².